The summed E-state index contributed by atoms with van der Waals surface area (Å²) in [5.74, 6) is 0.789. The number of carbonyl (C=O) groups excluding carboxylic acids is 1. The summed E-state index contributed by atoms with van der Waals surface area (Å²) >= 11 is 0. The SMILES string of the molecule is C=CCOc1ccc(CN(C)C(=O)OCC)cc1. The number of benzene rings is 1. The van der Waals surface area contributed by atoms with E-state index in [1.807, 2.05) is 24.3 Å². The molecular weight excluding hydrogens is 230 g/mol. The van der Waals surface area contributed by atoms with E-state index in [1.54, 1.807) is 20.0 Å². The van der Waals surface area contributed by atoms with Crippen LogP contribution in [0.2, 0.25) is 0 Å². The normalized spacial score (nSPS) is 9.67. The Morgan fingerprint density at radius 1 is 1.39 bits per heavy atom. The first-order valence-corrected chi connectivity index (χ1v) is 5.88. The van der Waals surface area contributed by atoms with E-state index in [0.29, 0.717) is 19.8 Å². The molecule has 0 aliphatic carbocycles. The molecule has 0 N–H and O–H groups in total. The van der Waals surface area contributed by atoms with E-state index in [9.17, 15) is 4.79 Å². The monoisotopic (exact) mass is 249 g/mol. The molecule has 4 heteroatoms. The number of nitrogens with zero attached hydrogens (tertiary/aromatic N) is 1. The lowest BCUT2D eigenvalue weighted by Gasteiger charge is -2.16. The van der Waals surface area contributed by atoms with Crippen molar-refractivity contribution in [2.45, 2.75) is 13.5 Å². The van der Waals surface area contributed by atoms with Crippen molar-refractivity contribution in [2.75, 3.05) is 20.3 Å². The molecule has 0 saturated heterocycles. The standard InChI is InChI=1S/C14H19NO3/c1-4-10-18-13-8-6-12(7-9-13)11-15(3)14(16)17-5-2/h4,6-9H,1,5,10-11H2,2-3H3. The molecule has 0 atom stereocenters. The molecule has 1 aromatic carbocycles. The van der Waals surface area contributed by atoms with Gasteiger partial charge in [-0.2, -0.15) is 0 Å². The van der Waals surface area contributed by atoms with Crippen molar-refractivity contribution in [2.24, 2.45) is 0 Å². The van der Waals surface area contributed by atoms with Crippen molar-refractivity contribution in [1.82, 2.24) is 4.90 Å². The third-order valence-corrected chi connectivity index (χ3v) is 2.29. The van der Waals surface area contributed by atoms with Crippen LogP contribution in [0, 0.1) is 0 Å². The Morgan fingerprint density at radius 2 is 2.06 bits per heavy atom. The lowest BCUT2D eigenvalue weighted by molar-refractivity contribution is 0.114. The summed E-state index contributed by atoms with van der Waals surface area (Å²) in [7, 11) is 1.71. The number of carbonyl (C=O) groups is 1. The first-order chi connectivity index (χ1) is 8.67. The Morgan fingerprint density at radius 3 is 2.61 bits per heavy atom. The number of ether oxygens (including phenoxy) is 2. The van der Waals surface area contributed by atoms with E-state index in [0.717, 1.165) is 11.3 Å². The maximum absolute atomic E-state index is 11.4. The predicted molar refractivity (Wildman–Crippen MR) is 70.6 cm³/mol. The van der Waals surface area contributed by atoms with Crippen LogP contribution in [0.5, 0.6) is 5.75 Å². The van der Waals surface area contributed by atoms with E-state index >= 15 is 0 Å². The van der Waals surface area contributed by atoms with Gasteiger partial charge in [-0.05, 0) is 24.6 Å². The highest BCUT2D eigenvalue weighted by molar-refractivity contribution is 5.67. The van der Waals surface area contributed by atoms with Crippen LogP contribution in [0.4, 0.5) is 4.79 Å². The number of rotatable bonds is 6. The van der Waals surface area contributed by atoms with E-state index in [1.165, 1.54) is 4.90 Å². The number of hydrogen-bond donors (Lipinski definition) is 0. The van der Waals surface area contributed by atoms with E-state index in [-0.39, 0.29) is 6.09 Å². The number of amides is 1. The third-order valence-electron chi connectivity index (χ3n) is 2.29. The van der Waals surface area contributed by atoms with Crippen LogP contribution in [0.25, 0.3) is 0 Å². The second-order valence-corrected chi connectivity index (χ2v) is 3.80. The van der Waals surface area contributed by atoms with Gasteiger partial charge in [-0.3, -0.25) is 0 Å². The molecule has 98 valence electrons. The molecule has 1 amide bonds. The quantitative estimate of drug-likeness (QED) is 0.728. The molecule has 1 rings (SSSR count). The summed E-state index contributed by atoms with van der Waals surface area (Å²) in [5, 5.41) is 0. The molecule has 0 aliphatic heterocycles. The summed E-state index contributed by atoms with van der Waals surface area (Å²) in [5.41, 5.74) is 1.02. The Bertz CT molecular complexity index is 387. The van der Waals surface area contributed by atoms with E-state index in [4.69, 9.17) is 9.47 Å². The zero-order valence-electron chi connectivity index (χ0n) is 10.9. The first kappa shape index (κ1) is 14.1. The van der Waals surface area contributed by atoms with Crippen LogP contribution < -0.4 is 4.74 Å². The van der Waals surface area contributed by atoms with Gasteiger partial charge in [-0.15, -0.1) is 0 Å². The van der Waals surface area contributed by atoms with Crippen LogP contribution in [0.1, 0.15) is 12.5 Å². The maximum atomic E-state index is 11.4. The van der Waals surface area contributed by atoms with Crippen molar-refractivity contribution in [3.63, 3.8) is 0 Å². The van der Waals surface area contributed by atoms with Gasteiger partial charge in [0.15, 0.2) is 0 Å². The van der Waals surface area contributed by atoms with Crippen molar-refractivity contribution in [3.05, 3.63) is 42.5 Å². The minimum atomic E-state index is -0.315. The Kier molecular flexibility index (Phi) is 5.77. The van der Waals surface area contributed by atoms with Crippen molar-refractivity contribution >= 4 is 6.09 Å². The molecule has 1 aromatic rings. The van der Waals surface area contributed by atoms with Gasteiger partial charge in [0.1, 0.15) is 12.4 Å². The van der Waals surface area contributed by atoms with Gasteiger partial charge >= 0.3 is 6.09 Å². The maximum Gasteiger partial charge on any atom is 0.409 e. The highest BCUT2D eigenvalue weighted by atomic mass is 16.6. The largest absolute Gasteiger partial charge is 0.490 e. The van der Waals surface area contributed by atoms with Crippen molar-refractivity contribution in [3.8, 4) is 5.75 Å². The molecule has 0 spiro atoms. The smallest absolute Gasteiger partial charge is 0.409 e. The van der Waals surface area contributed by atoms with Crippen LogP contribution in [0.3, 0.4) is 0 Å². The number of hydrogen-bond acceptors (Lipinski definition) is 3. The fourth-order valence-electron chi connectivity index (χ4n) is 1.42. The fraction of sp³-hybridized carbons (Fsp3) is 0.357. The average Bonchev–Trinajstić information content (AvgIpc) is 2.38. The lowest BCUT2D eigenvalue weighted by atomic mass is 10.2. The Hall–Kier alpha value is -1.97. The molecule has 0 fully saturated rings. The van der Waals surface area contributed by atoms with Crippen molar-refractivity contribution < 1.29 is 14.3 Å². The van der Waals surface area contributed by atoms with Gasteiger partial charge in [0.25, 0.3) is 0 Å². The summed E-state index contributed by atoms with van der Waals surface area (Å²) in [6.45, 7) is 6.76. The van der Waals surface area contributed by atoms with Gasteiger partial charge < -0.3 is 14.4 Å². The Balaban J connectivity index is 2.52. The molecule has 0 aliphatic rings. The predicted octanol–water partition coefficient (Wildman–Crippen LogP) is 2.84. The van der Waals surface area contributed by atoms with Crippen LogP contribution >= 0.6 is 0 Å². The topological polar surface area (TPSA) is 38.8 Å². The summed E-state index contributed by atoms with van der Waals surface area (Å²) in [6, 6.07) is 7.60. The summed E-state index contributed by atoms with van der Waals surface area (Å²) in [6.07, 6.45) is 1.38. The second-order valence-electron chi connectivity index (χ2n) is 3.80. The molecule has 0 bridgehead atoms. The summed E-state index contributed by atoms with van der Waals surface area (Å²) < 4.78 is 10.3. The second kappa shape index (κ2) is 7.37. The molecule has 0 saturated carbocycles. The molecule has 18 heavy (non-hydrogen) atoms. The van der Waals surface area contributed by atoms with Gasteiger partial charge in [-0.1, -0.05) is 24.8 Å². The average molecular weight is 249 g/mol. The highest BCUT2D eigenvalue weighted by Gasteiger charge is 2.09. The molecule has 4 nitrogen and oxygen atoms in total. The van der Waals surface area contributed by atoms with Gasteiger partial charge in [-0.25, -0.2) is 4.79 Å². The van der Waals surface area contributed by atoms with E-state index in [2.05, 4.69) is 6.58 Å². The molecule has 0 unspecified atom stereocenters. The molecule has 0 radical (unpaired) electrons. The molecule has 0 heterocycles. The third kappa shape index (κ3) is 4.49. The summed E-state index contributed by atoms with van der Waals surface area (Å²) in [4.78, 5) is 13.0. The molecular formula is C14H19NO3. The molecule has 0 aromatic heterocycles. The highest BCUT2D eigenvalue weighted by Crippen LogP contribution is 2.13. The van der Waals surface area contributed by atoms with Crippen LogP contribution in [-0.2, 0) is 11.3 Å². The minimum absolute atomic E-state index is 0.315. The minimum Gasteiger partial charge on any atom is -0.490 e. The van der Waals surface area contributed by atoms with Gasteiger partial charge in [0.05, 0.1) is 6.61 Å². The van der Waals surface area contributed by atoms with Gasteiger partial charge in [0.2, 0.25) is 0 Å². The zero-order valence-corrected chi connectivity index (χ0v) is 10.9. The van der Waals surface area contributed by atoms with Crippen LogP contribution in [0.15, 0.2) is 36.9 Å². The van der Waals surface area contributed by atoms with E-state index < -0.39 is 0 Å². The Labute approximate surface area is 108 Å². The van der Waals surface area contributed by atoms with Gasteiger partial charge in [0, 0.05) is 13.6 Å². The van der Waals surface area contributed by atoms with Crippen LogP contribution in [-0.4, -0.2) is 31.3 Å². The first-order valence-electron chi connectivity index (χ1n) is 5.88. The fourth-order valence-corrected chi connectivity index (χ4v) is 1.42. The zero-order chi connectivity index (χ0) is 13.4. The lowest BCUT2D eigenvalue weighted by Crippen LogP contribution is -2.26. The van der Waals surface area contributed by atoms with Crippen molar-refractivity contribution in [1.29, 1.82) is 0 Å².